The number of rotatable bonds is 4. The smallest absolute Gasteiger partial charge is 0.251 e. The fraction of sp³-hybridized carbons (Fsp3) is 0.130. The minimum absolute atomic E-state index is 0.252. The number of fused-ring (bicyclic) bond motifs is 1. The van der Waals surface area contributed by atoms with Crippen LogP contribution in [-0.2, 0) is 6.42 Å². The number of tetrazole rings is 1. The van der Waals surface area contributed by atoms with Crippen molar-refractivity contribution in [3.63, 3.8) is 0 Å². The molecule has 0 radical (unpaired) electrons. The summed E-state index contributed by atoms with van der Waals surface area (Å²) in [5, 5.41) is 11.8. The van der Waals surface area contributed by atoms with Gasteiger partial charge in [0.1, 0.15) is 18.0 Å². The van der Waals surface area contributed by atoms with Crippen molar-refractivity contribution in [2.45, 2.75) is 18.9 Å². The number of imidazole rings is 1. The molecule has 1 aromatic carbocycles. The van der Waals surface area contributed by atoms with E-state index < -0.39 is 12.0 Å². The Hall–Kier alpha value is -4.38. The van der Waals surface area contributed by atoms with Gasteiger partial charge in [-0.2, -0.15) is 14.1 Å². The quantitative estimate of drug-likeness (QED) is 0.396. The lowest BCUT2D eigenvalue weighted by molar-refractivity contribution is 0.515. The molecule has 174 valence electrons. The highest BCUT2D eigenvalue weighted by Gasteiger charge is 2.30. The normalized spacial score (nSPS) is 14.9. The lowest BCUT2D eigenvalue weighted by Gasteiger charge is -2.15. The van der Waals surface area contributed by atoms with E-state index in [1.165, 1.54) is 23.3 Å². The first kappa shape index (κ1) is 21.2. The lowest BCUT2D eigenvalue weighted by Crippen LogP contribution is -2.24. The number of nitrogens with one attached hydrogen (secondary N) is 1. The summed E-state index contributed by atoms with van der Waals surface area (Å²) in [5.74, 6) is 0.0330. The first-order valence-corrected chi connectivity index (χ1v) is 11.1. The molecule has 5 heterocycles. The number of anilines is 1. The molecule has 35 heavy (non-hydrogen) atoms. The van der Waals surface area contributed by atoms with E-state index in [4.69, 9.17) is 17.3 Å². The number of aromatic nitrogens is 8. The third-order valence-corrected chi connectivity index (χ3v) is 6.31. The number of nitrogen functional groups attached to an aromatic ring is 1. The van der Waals surface area contributed by atoms with Crippen LogP contribution in [0, 0.1) is 5.95 Å². The maximum absolute atomic E-state index is 14.9. The summed E-state index contributed by atoms with van der Waals surface area (Å²) in [6.07, 6.45) is 4.13. The van der Waals surface area contributed by atoms with Gasteiger partial charge in [-0.3, -0.25) is 4.79 Å². The SMILES string of the molecule is Nc1ccc(-c2nc(F)c([C@@H]3CCc4cc(-c5cc(Cl)ccc5-n5cnnn5)cc(=O)n43)[nH]2)cn1. The number of H-pyrrole nitrogens is 1. The number of hydrogen-bond donors (Lipinski definition) is 2. The van der Waals surface area contributed by atoms with Crippen LogP contribution in [0.3, 0.4) is 0 Å². The minimum atomic E-state index is -0.651. The Morgan fingerprint density at radius 2 is 2.03 bits per heavy atom. The third kappa shape index (κ3) is 3.66. The lowest BCUT2D eigenvalue weighted by atomic mass is 10.0. The van der Waals surface area contributed by atoms with Crippen LogP contribution in [0.1, 0.15) is 23.9 Å². The van der Waals surface area contributed by atoms with Gasteiger partial charge >= 0.3 is 0 Å². The molecule has 0 unspecified atom stereocenters. The molecule has 0 spiro atoms. The summed E-state index contributed by atoms with van der Waals surface area (Å²) in [7, 11) is 0. The monoisotopic (exact) mass is 489 g/mol. The molecule has 4 aromatic heterocycles. The summed E-state index contributed by atoms with van der Waals surface area (Å²) < 4.78 is 18.0. The Kier molecular flexibility index (Phi) is 4.92. The van der Waals surface area contributed by atoms with E-state index in [0.717, 1.165) is 5.69 Å². The molecule has 6 rings (SSSR count). The highest BCUT2D eigenvalue weighted by molar-refractivity contribution is 6.31. The van der Waals surface area contributed by atoms with Crippen molar-refractivity contribution in [3.05, 3.63) is 87.7 Å². The molecule has 0 aliphatic carbocycles. The zero-order valence-electron chi connectivity index (χ0n) is 18.1. The molecule has 1 atom stereocenters. The molecule has 1 aliphatic heterocycles. The van der Waals surface area contributed by atoms with Crippen LogP contribution in [0.25, 0.3) is 28.2 Å². The molecule has 0 amide bonds. The van der Waals surface area contributed by atoms with Crippen LogP contribution in [0.2, 0.25) is 5.02 Å². The van der Waals surface area contributed by atoms with Crippen molar-refractivity contribution < 1.29 is 4.39 Å². The maximum atomic E-state index is 14.9. The molecule has 10 nitrogen and oxygen atoms in total. The summed E-state index contributed by atoms with van der Waals surface area (Å²) in [5.41, 5.74) is 9.08. The topological polar surface area (TPSA) is 133 Å². The standard InChI is InChI=1S/C23H17ClFN9O/c24-14-2-4-17(33-11-28-31-32-33)16(9-14)13-7-15-3-5-18(34(15)20(35)8-13)21-22(25)30-23(29-21)12-1-6-19(26)27-10-12/h1-2,4,6-11,18H,3,5H2,(H2,26,27)(H,29,30)/t18-/m0/s1. The summed E-state index contributed by atoms with van der Waals surface area (Å²) in [6, 6.07) is 11.5. The predicted molar refractivity (Wildman–Crippen MR) is 127 cm³/mol. The summed E-state index contributed by atoms with van der Waals surface area (Å²) in [4.78, 5) is 24.4. The first-order valence-electron chi connectivity index (χ1n) is 10.7. The zero-order valence-corrected chi connectivity index (χ0v) is 18.8. The van der Waals surface area contributed by atoms with E-state index in [1.807, 2.05) is 6.07 Å². The Morgan fingerprint density at radius 3 is 2.80 bits per heavy atom. The van der Waals surface area contributed by atoms with E-state index in [-0.39, 0.29) is 11.3 Å². The van der Waals surface area contributed by atoms with Gasteiger partial charge in [0.05, 0.1) is 17.4 Å². The average molecular weight is 490 g/mol. The molecular weight excluding hydrogens is 473 g/mol. The largest absolute Gasteiger partial charge is 0.384 e. The molecule has 5 aromatic rings. The molecular formula is C23H17ClFN9O. The van der Waals surface area contributed by atoms with Crippen molar-refractivity contribution in [2.24, 2.45) is 0 Å². The van der Waals surface area contributed by atoms with Gasteiger partial charge in [0.15, 0.2) is 0 Å². The fourth-order valence-corrected chi connectivity index (χ4v) is 4.68. The second-order valence-electron chi connectivity index (χ2n) is 8.18. The van der Waals surface area contributed by atoms with Gasteiger partial charge in [-0.15, -0.1) is 5.10 Å². The van der Waals surface area contributed by atoms with Gasteiger partial charge in [-0.25, -0.2) is 4.98 Å². The zero-order chi connectivity index (χ0) is 24.1. The van der Waals surface area contributed by atoms with Crippen molar-refractivity contribution in [1.29, 1.82) is 0 Å². The number of aromatic amines is 1. The molecule has 1 aliphatic rings. The number of nitrogens with two attached hydrogens (primary N) is 1. The van der Waals surface area contributed by atoms with Crippen LogP contribution in [-0.4, -0.2) is 39.7 Å². The summed E-state index contributed by atoms with van der Waals surface area (Å²) in [6.45, 7) is 0. The number of benzene rings is 1. The van der Waals surface area contributed by atoms with Crippen molar-refractivity contribution in [2.75, 3.05) is 5.73 Å². The van der Waals surface area contributed by atoms with E-state index >= 15 is 0 Å². The van der Waals surface area contributed by atoms with E-state index in [1.54, 1.807) is 34.9 Å². The van der Waals surface area contributed by atoms with Gasteiger partial charge in [0, 0.05) is 34.1 Å². The highest BCUT2D eigenvalue weighted by atomic mass is 35.5. The van der Waals surface area contributed by atoms with Crippen molar-refractivity contribution >= 4 is 17.4 Å². The average Bonchev–Trinajstić information content (AvgIpc) is 3.59. The van der Waals surface area contributed by atoms with Gasteiger partial charge < -0.3 is 15.3 Å². The minimum Gasteiger partial charge on any atom is -0.384 e. The molecule has 12 heteroatoms. The Bertz CT molecular complexity index is 1610. The van der Waals surface area contributed by atoms with E-state index in [9.17, 15) is 9.18 Å². The number of pyridine rings is 2. The first-order chi connectivity index (χ1) is 17.0. The van der Waals surface area contributed by atoms with Crippen molar-refractivity contribution in [3.8, 4) is 28.2 Å². The number of aryl methyl sites for hydroxylation is 1. The van der Waals surface area contributed by atoms with Crippen LogP contribution < -0.4 is 11.3 Å². The van der Waals surface area contributed by atoms with E-state index in [0.29, 0.717) is 51.9 Å². The number of hydrogen-bond acceptors (Lipinski definition) is 7. The maximum Gasteiger partial charge on any atom is 0.251 e. The van der Waals surface area contributed by atoms with Crippen molar-refractivity contribution in [1.82, 2.24) is 39.7 Å². The second kappa shape index (κ2) is 8.13. The Labute approximate surface area is 202 Å². The molecule has 3 N–H and O–H groups in total. The number of halogens is 2. The van der Waals surface area contributed by atoms with E-state index in [2.05, 4.69) is 30.5 Å². The molecule has 0 bridgehead atoms. The van der Waals surface area contributed by atoms with Crippen LogP contribution in [0.4, 0.5) is 10.2 Å². The van der Waals surface area contributed by atoms with Crippen LogP contribution in [0.15, 0.2) is 59.8 Å². The highest BCUT2D eigenvalue weighted by Crippen LogP contribution is 2.35. The summed E-state index contributed by atoms with van der Waals surface area (Å²) >= 11 is 6.26. The fourth-order valence-electron chi connectivity index (χ4n) is 4.50. The third-order valence-electron chi connectivity index (χ3n) is 6.08. The van der Waals surface area contributed by atoms with Crippen LogP contribution in [0.5, 0.6) is 0 Å². The second-order valence-corrected chi connectivity index (χ2v) is 8.61. The predicted octanol–water partition coefficient (Wildman–Crippen LogP) is 3.19. The van der Waals surface area contributed by atoms with Gasteiger partial charge in [-0.05, 0) is 65.2 Å². The number of nitrogens with zero attached hydrogens (tertiary/aromatic N) is 7. The van der Waals surface area contributed by atoms with Crippen LogP contribution >= 0.6 is 11.6 Å². The Morgan fingerprint density at radius 1 is 1.14 bits per heavy atom. The Balaban J connectivity index is 1.41. The van der Waals surface area contributed by atoms with Gasteiger partial charge in [0.2, 0.25) is 5.95 Å². The van der Waals surface area contributed by atoms with Gasteiger partial charge in [0.25, 0.3) is 5.56 Å². The molecule has 0 saturated carbocycles. The molecule has 0 saturated heterocycles. The van der Waals surface area contributed by atoms with Gasteiger partial charge in [-0.1, -0.05) is 11.6 Å². The molecule has 0 fully saturated rings.